The molecule has 2 unspecified atom stereocenters. The Morgan fingerprint density at radius 2 is 2.17 bits per heavy atom. The third-order valence-corrected chi connectivity index (χ3v) is 5.62. The molecule has 1 rings (SSSR count). The zero-order chi connectivity index (χ0) is 13.8. The van der Waals surface area contributed by atoms with Crippen LogP contribution in [0.15, 0.2) is 0 Å². The molecule has 0 aromatic heterocycles. The molecule has 0 bridgehead atoms. The largest absolute Gasteiger partial charge is 0.481 e. The van der Waals surface area contributed by atoms with Crippen LogP contribution in [0.2, 0.25) is 0 Å². The van der Waals surface area contributed by atoms with Gasteiger partial charge in [-0.1, -0.05) is 13.8 Å². The quantitative estimate of drug-likeness (QED) is 0.799. The molecule has 0 amide bonds. The van der Waals surface area contributed by atoms with Gasteiger partial charge in [0.1, 0.15) is 0 Å². The third kappa shape index (κ3) is 4.24. The number of aliphatic carboxylic acids is 1. The van der Waals surface area contributed by atoms with Gasteiger partial charge in [-0.2, -0.15) is 0 Å². The Hall–Kier alpha value is -0.620. The highest BCUT2D eigenvalue weighted by Gasteiger charge is 2.31. The monoisotopic (exact) mass is 277 g/mol. The second-order valence-electron chi connectivity index (χ2n) is 5.15. The van der Waals surface area contributed by atoms with Crippen molar-refractivity contribution in [2.24, 2.45) is 11.8 Å². The Bertz CT molecular complexity index is 380. The summed E-state index contributed by atoms with van der Waals surface area (Å²) in [4.78, 5) is 10.7. The molecule has 106 valence electrons. The first-order chi connectivity index (χ1) is 8.36. The first kappa shape index (κ1) is 15.4. The molecule has 1 saturated heterocycles. The molecule has 1 N–H and O–H groups in total. The molecule has 1 aliphatic rings. The molecule has 6 heteroatoms. The first-order valence-electron chi connectivity index (χ1n) is 6.56. The first-order valence-corrected chi connectivity index (χ1v) is 8.17. The molecular formula is C12H23NO4S. The second kappa shape index (κ2) is 6.52. The van der Waals surface area contributed by atoms with E-state index < -0.39 is 16.0 Å². The van der Waals surface area contributed by atoms with E-state index in [-0.39, 0.29) is 24.0 Å². The Labute approximate surface area is 109 Å². The van der Waals surface area contributed by atoms with Crippen LogP contribution < -0.4 is 0 Å². The van der Waals surface area contributed by atoms with E-state index in [1.54, 1.807) is 4.31 Å². The van der Waals surface area contributed by atoms with Gasteiger partial charge in [-0.25, -0.2) is 12.7 Å². The average Bonchev–Trinajstić information content (AvgIpc) is 2.28. The van der Waals surface area contributed by atoms with Gasteiger partial charge in [0.15, 0.2) is 0 Å². The summed E-state index contributed by atoms with van der Waals surface area (Å²) in [6.07, 6.45) is 2.49. The van der Waals surface area contributed by atoms with Gasteiger partial charge in [0, 0.05) is 19.5 Å². The number of carbonyl (C=O) groups is 1. The van der Waals surface area contributed by atoms with E-state index in [4.69, 9.17) is 5.11 Å². The van der Waals surface area contributed by atoms with Crippen LogP contribution >= 0.6 is 0 Å². The lowest BCUT2D eigenvalue weighted by Gasteiger charge is -2.34. The van der Waals surface area contributed by atoms with E-state index in [0.717, 1.165) is 12.8 Å². The van der Waals surface area contributed by atoms with Crippen LogP contribution in [0.5, 0.6) is 0 Å². The highest BCUT2D eigenvalue weighted by molar-refractivity contribution is 7.89. The number of hydrogen-bond acceptors (Lipinski definition) is 3. The maximum absolute atomic E-state index is 12.0. The standard InChI is InChI=1S/C12H23NO4S/c1-3-7-18(16,17)13-6-4-5-11(9-13)10(2)8-12(14)15/h10-11H,3-9H2,1-2H3,(H,14,15). The molecule has 18 heavy (non-hydrogen) atoms. The third-order valence-electron chi connectivity index (χ3n) is 3.58. The zero-order valence-electron chi connectivity index (χ0n) is 11.1. The predicted octanol–water partition coefficient (Wildman–Crippen LogP) is 1.55. The molecule has 0 aromatic carbocycles. The van der Waals surface area contributed by atoms with Gasteiger partial charge in [0.25, 0.3) is 0 Å². The van der Waals surface area contributed by atoms with Crippen molar-refractivity contribution < 1.29 is 18.3 Å². The molecule has 0 aromatic rings. The Balaban J connectivity index is 2.63. The van der Waals surface area contributed by atoms with E-state index in [0.29, 0.717) is 19.5 Å². The van der Waals surface area contributed by atoms with Gasteiger partial charge in [-0.05, 0) is 31.1 Å². The van der Waals surface area contributed by atoms with Crippen molar-refractivity contribution in [3.8, 4) is 0 Å². The molecule has 1 aliphatic heterocycles. The zero-order valence-corrected chi connectivity index (χ0v) is 11.9. The maximum atomic E-state index is 12.0. The van der Waals surface area contributed by atoms with Gasteiger partial charge >= 0.3 is 5.97 Å². The van der Waals surface area contributed by atoms with E-state index in [2.05, 4.69) is 0 Å². The lowest BCUT2D eigenvalue weighted by Crippen LogP contribution is -2.42. The molecule has 0 aliphatic carbocycles. The highest BCUT2D eigenvalue weighted by Crippen LogP contribution is 2.27. The molecule has 1 heterocycles. The van der Waals surface area contributed by atoms with Gasteiger partial charge in [0.2, 0.25) is 10.0 Å². The molecule has 0 saturated carbocycles. The summed E-state index contributed by atoms with van der Waals surface area (Å²) >= 11 is 0. The summed E-state index contributed by atoms with van der Waals surface area (Å²) in [6.45, 7) is 4.82. The van der Waals surface area contributed by atoms with Crippen molar-refractivity contribution in [1.82, 2.24) is 4.31 Å². The van der Waals surface area contributed by atoms with E-state index in [1.807, 2.05) is 13.8 Å². The topological polar surface area (TPSA) is 74.7 Å². The number of hydrogen-bond donors (Lipinski definition) is 1. The second-order valence-corrected chi connectivity index (χ2v) is 7.24. The number of carboxylic acid groups (broad SMARTS) is 1. The van der Waals surface area contributed by atoms with Crippen LogP contribution in [0, 0.1) is 11.8 Å². The molecule has 1 fully saturated rings. The normalized spacial score (nSPS) is 23.8. The summed E-state index contributed by atoms with van der Waals surface area (Å²) in [6, 6.07) is 0. The minimum absolute atomic E-state index is 0.0297. The van der Waals surface area contributed by atoms with Crippen LogP contribution in [0.4, 0.5) is 0 Å². The highest BCUT2D eigenvalue weighted by atomic mass is 32.2. The molecule has 5 nitrogen and oxygen atoms in total. The van der Waals surface area contributed by atoms with Crippen molar-refractivity contribution in [2.45, 2.75) is 39.5 Å². The summed E-state index contributed by atoms with van der Waals surface area (Å²) in [5.41, 5.74) is 0. The summed E-state index contributed by atoms with van der Waals surface area (Å²) < 4.78 is 25.5. The van der Waals surface area contributed by atoms with Crippen LogP contribution in [0.25, 0.3) is 0 Å². The minimum atomic E-state index is -3.14. The van der Waals surface area contributed by atoms with Crippen molar-refractivity contribution in [1.29, 1.82) is 0 Å². The Kier molecular flexibility index (Phi) is 5.59. The molecule has 0 radical (unpaired) electrons. The van der Waals surface area contributed by atoms with Gasteiger partial charge in [0.05, 0.1) is 5.75 Å². The minimum Gasteiger partial charge on any atom is -0.481 e. The Morgan fingerprint density at radius 3 is 2.72 bits per heavy atom. The average molecular weight is 277 g/mol. The van der Waals surface area contributed by atoms with Crippen molar-refractivity contribution in [3.05, 3.63) is 0 Å². The van der Waals surface area contributed by atoms with E-state index in [9.17, 15) is 13.2 Å². The van der Waals surface area contributed by atoms with Gasteiger partial charge in [-0.3, -0.25) is 4.79 Å². The number of nitrogens with zero attached hydrogens (tertiary/aromatic N) is 1. The lowest BCUT2D eigenvalue weighted by molar-refractivity contribution is -0.138. The molecular weight excluding hydrogens is 254 g/mol. The number of rotatable bonds is 6. The van der Waals surface area contributed by atoms with Crippen molar-refractivity contribution in [3.63, 3.8) is 0 Å². The number of carboxylic acids is 1. The Morgan fingerprint density at radius 1 is 1.50 bits per heavy atom. The van der Waals surface area contributed by atoms with E-state index >= 15 is 0 Å². The summed E-state index contributed by atoms with van der Waals surface area (Å²) in [7, 11) is -3.14. The van der Waals surface area contributed by atoms with Crippen LogP contribution in [0.3, 0.4) is 0 Å². The number of piperidine rings is 1. The van der Waals surface area contributed by atoms with E-state index in [1.165, 1.54) is 0 Å². The van der Waals surface area contributed by atoms with Gasteiger partial charge in [-0.15, -0.1) is 0 Å². The fourth-order valence-electron chi connectivity index (χ4n) is 2.52. The lowest BCUT2D eigenvalue weighted by atomic mass is 9.85. The fraction of sp³-hybridized carbons (Fsp3) is 0.917. The molecule has 0 spiro atoms. The van der Waals surface area contributed by atoms with Gasteiger partial charge < -0.3 is 5.11 Å². The smallest absolute Gasteiger partial charge is 0.303 e. The SMILES string of the molecule is CCCS(=O)(=O)N1CCCC(C(C)CC(=O)O)C1. The van der Waals surface area contributed by atoms with Crippen molar-refractivity contribution in [2.75, 3.05) is 18.8 Å². The van der Waals surface area contributed by atoms with Crippen LogP contribution in [0.1, 0.15) is 39.5 Å². The summed E-state index contributed by atoms with van der Waals surface area (Å²) in [5.74, 6) is -0.424. The van der Waals surface area contributed by atoms with Crippen molar-refractivity contribution >= 4 is 16.0 Å². The van der Waals surface area contributed by atoms with Crippen LogP contribution in [-0.4, -0.2) is 42.6 Å². The summed E-state index contributed by atoms with van der Waals surface area (Å²) in [5, 5.41) is 8.79. The predicted molar refractivity (Wildman–Crippen MR) is 69.8 cm³/mol. The fourth-order valence-corrected chi connectivity index (χ4v) is 4.12. The number of sulfonamides is 1. The molecule has 2 atom stereocenters. The maximum Gasteiger partial charge on any atom is 0.303 e. The van der Waals surface area contributed by atoms with Crippen LogP contribution in [-0.2, 0) is 14.8 Å².